The molecular formula is C20H22BrN3O2. The molecule has 1 atom stereocenters. The number of amides is 1. The normalized spacial score (nSPS) is 17.2. The molecule has 1 fully saturated rings. The molecule has 3 rings (SSSR count). The second-order valence-corrected chi connectivity index (χ2v) is 7.19. The van der Waals surface area contributed by atoms with Gasteiger partial charge in [-0.1, -0.05) is 33.6 Å². The van der Waals surface area contributed by atoms with E-state index in [1.54, 1.807) is 0 Å². The van der Waals surface area contributed by atoms with Crippen molar-refractivity contribution in [2.45, 2.75) is 25.9 Å². The number of hydrogen-bond acceptors (Lipinski definition) is 3. The van der Waals surface area contributed by atoms with E-state index in [1.807, 2.05) is 55.5 Å². The molecular weight excluding hydrogens is 394 g/mol. The van der Waals surface area contributed by atoms with Gasteiger partial charge in [-0.15, -0.1) is 0 Å². The fourth-order valence-electron chi connectivity index (χ4n) is 2.65. The van der Waals surface area contributed by atoms with Crippen molar-refractivity contribution in [3.63, 3.8) is 0 Å². The lowest BCUT2D eigenvalue weighted by molar-refractivity contribution is 0.0975. The smallest absolute Gasteiger partial charge is 0.257 e. The second-order valence-electron chi connectivity index (χ2n) is 6.28. The van der Waals surface area contributed by atoms with E-state index in [4.69, 9.17) is 4.74 Å². The summed E-state index contributed by atoms with van der Waals surface area (Å²) in [5.74, 6) is 0.231. The molecule has 136 valence electrons. The Morgan fingerprint density at radius 1 is 1.19 bits per heavy atom. The number of guanidine groups is 1. The number of benzene rings is 2. The predicted octanol–water partition coefficient (Wildman–Crippen LogP) is 4.13. The zero-order valence-corrected chi connectivity index (χ0v) is 16.3. The Morgan fingerprint density at radius 2 is 1.92 bits per heavy atom. The van der Waals surface area contributed by atoms with Gasteiger partial charge in [0.15, 0.2) is 0 Å². The monoisotopic (exact) mass is 415 g/mol. The van der Waals surface area contributed by atoms with E-state index in [0.29, 0.717) is 18.1 Å². The number of ether oxygens (including phenoxy) is 1. The van der Waals surface area contributed by atoms with Gasteiger partial charge in [0.05, 0.1) is 12.6 Å². The van der Waals surface area contributed by atoms with Gasteiger partial charge in [0.1, 0.15) is 0 Å². The summed E-state index contributed by atoms with van der Waals surface area (Å²) in [6.45, 7) is 3.30. The average molecular weight is 416 g/mol. The average Bonchev–Trinajstić information content (AvgIpc) is 3.15. The third-order valence-corrected chi connectivity index (χ3v) is 4.66. The van der Waals surface area contributed by atoms with Crippen LogP contribution in [0.15, 0.2) is 58.0 Å². The van der Waals surface area contributed by atoms with Crippen LogP contribution in [0.1, 0.15) is 28.8 Å². The lowest BCUT2D eigenvalue weighted by Gasteiger charge is -2.13. The molecule has 0 saturated carbocycles. The molecule has 1 aliphatic rings. The molecule has 1 aliphatic heterocycles. The van der Waals surface area contributed by atoms with Crippen LogP contribution in [-0.4, -0.2) is 31.1 Å². The van der Waals surface area contributed by atoms with Crippen LogP contribution < -0.4 is 10.6 Å². The van der Waals surface area contributed by atoms with E-state index in [1.165, 1.54) is 0 Å². The predicted molar refractivity (Wildman–Crippen MR) is 108 cm³/mol. The van der Waals surface area contributed by atoms with Crippen molar-refractivity contribution in [1.82, 2.24) is 5.32 Å². The summed E-state index contributed by atoms with van der Waals surface area (Å²) in [5, 5.41) is 6.06. The first-order chi connectivity index (χ1) is 12.6. The molecule has 26 heavy (non-hydrogen) atoms. The van der Waals surface area contributed by atoms with Gasteiger partial charge in [-0.25, -0.2) is 4.99 Å². The first-order valence-electron chi connectivity index (χ1n) is 8.67. The fourth-order valence-corrected chi connectivity index (χ4v) is 2.91. The van der Waals surface area contributed by atoms with Gasteiger partial charge < -0.3 is 10.1 Å². The number of carbonyl (C=O) groups excluding carboxylic acids is 1. The summed E-state index contributed by atoms with van der Waals surface area (Å²) in [7, 11) is 0. The van der Waals surface area contributed by atoms with E-state index >= 15 is 0 Å². The number of aryl methyl sites for hydroxylation is 1. The maximum Gasteiger partial charge on any atom is 0.257 e. The Kier molecular flexibility index (Phi) is 6.41. The largest absolute Gasteiger partial charge is 0.376 e. The summed E-state index contributed by atoms with van der Waals surface area (Å²) in [5.41, 5.74) is 2.56. The van der Waals surface area contributed by atoms with Gasteiger partial charge in [0.2, 0.25) is 5.96 Å². The molecule has 2 aromatic carbocycles. The van der Waals surface area contributed by atoms with Gasteiger partial charge >= 0.3 is 0 Å². The molecule has 1 amide bonds. The molecule has 0 radical (unpaired) electrons. The molecule has 1 saturated heterocycles. The van der Waals surface area contributed by atoms with Crippen molar-refractivity contribution in [2.24, 2.45) is 4.99 Å². The van der Waals surface area contributed by atoms with Gasteiger partial charge in [-0.3, -0.25) is 10.1 Å². The molecule has 6 heteroatoms. The fraction of sp³-hybridized carbons (Fsp3) is 0.300. The van der Waals surface area contributed by atoms with Crippen molar-refractivity contribution < 1.29 is 9.53 Å². The molecule has 0 aromatic heterocycles. The van der Waals surface area contributed by atoms with Crippen molar-refractivity contribution in [3.8, 4) is 0 Å². The van der Waals surface area contributed by atoms with Gasteiger partial charge in [0.25, 0.3) is 5.91 Å². The lowest BCUT2D eigenvalue weighted by atomic mass is 10.1. The summed E-state index contributed by atoms with van der Waals surface area (Å²) in [6, 6.07) is 15.2. The third kappa shape index (κ3) is 5.41. The SMILES string of the molecule is Cc1ccc(C(=O)NC(=NC[C@@H]2CCCO2)Nc2ccc(Br)cc2)cc1. The highest BCUT2D eigenvalue weighted by Crippen LogP contribution is 2.15. The summed E-state index contributed by atoms with van der Waals surface area (Å²) in [4.78, 5) is 17.1. The van der Waals surface area contributed by atoms with E-state index in [0.717, 1.165) is 35.2 Å². The van der Waals surface area contributed by atoms with E-state index in [-0.39, 0.29) is 12.0 Å². The van der Waals surface area contributed by atoms with Crippen LogP contribution in [0.25, 0.3) is 0 Å². The Morgan fingerprint density at radius 3 is 2.58 bits per heavy atom. The number of carbonyl (C=O) groups is 1. The minimum Gasteiger partial charge on any atom is -0.376 e. The molecule has 2 aromatic rings. The second kappa shape index (κ2) is 8.96. The maximum atomic E-state index is 12.5. The minimum atomic E-state index is -0.194. The number of rotatable bonds is 4. The molecule has 0 bridgehead atoms. The number of anilines is 1. The van der Waals surface area contributed by atoms with Crippen molar-refractivity contribution in [3.05, 3.63) is 64.1 Å². The molecule has 0 aliphatic carbocycles. The quantitative estimate of drug-likeness (QED) is 0.582. The van der Waals surface area contributed by atoms with Crippen molar-refractivity contribution in [2.75, 3.05) is 18.5 Å². The number of nitrogens with one attached hydrogen (secondary N) is 2. The highest BCUT2D eigenvalue weighted by Gasteiger charge is 2.16. The van der Waals surface area contributed by atoms with Gasteiger partial charge in [-0.2, -0.15) is 0 Å². The van der Waals surface area contributed by atoms with Crippen LogP contribution in [0.5, 0.6) is 0 Å². The Balaban J connectivity index is 1.72. The highest BCUT2D eigenvalue weighted by atomic mass is 79.9. The molecule has 1 heterocycles. The van der Waals surface area contributed by atoms with Crippen LogP contribution in [0.2, 0.25) is 0 Å². The number of nitrogens with zero attached hydrogens (tertiary/aromatic N) is 1. The van der Waals surface area contributed by atoms with Gasteiger partial charge in [-0.05, 0) is 56.2 Å². The number of halogens is 1. The number of aliphatic imine (C=N–C) groups is 1. The summed E-state index contributed by atoms with van der Waals surface area (Å²) >= 11 is 3.42. The first kappa shape index (κ1) is 18.6. The Hall–Kier alpha value is -2.18. The third-order valence-electron chi connectivity index (χ3n) is 4.13. The van der Waals surface area contributed by atoms with E-state index in [9.17, 15) is 4.79 Å². The molecule has 2 N–H and O–H groups in total. The first-order valence-corrected chi connectivity index (χ1v) is 9.46. The summed E-state index contributed by atoms with van der Waals surface area (Å²) < 4.78 is 6.61. The number of hydrogen-bond donors (Lipinski definition) is 2. The van der Waals surface area contributed by atoms with Crippen LogP contribution in [0.4, 0.5) is 5.69 Å². The zero-order valence-electron chi connectivity index (χ0n) is 14.7. The van der Waals surface area contributed by atoms with Crippen LogP contribution in [0, 0.1) is 6.92 Å². The van der Waals surface area contributed by atoms with Crippen LogP contribution in [0.3, 0.4) is 0 Å². The van der Waals surface area contributed by atoms with Crippen molar-refractivity contribution >= 4 is 33.5 Å². The zero-order chi connectivity index (χ0) is 18.4. The maximum absolute atomic E-state index is 12.5. The van der Waals surface area contributed by atoms with Gasteiger partial charge in [0, 0.05) is 22.3 Å². The summed E-state index contributed by atoms with van der Waals surface area (Å²) in [6.07, 6.45) is 2.18. The van der Waals surface area contributed by atoms with Crippen molar-refractivity contribution in [1.29, 1.82) is 0 Å². The van der Waals surface area contributed by atoms with E-state index < -0.39 is 0 Å². The molecule has 5 nitrogen and oxygen atoms in total. The van der Waals surface area contributed by atoms with Crippen LogP contribution >= 0.6 is 15.9 Å². The Labute approximate surface area is 162 Å². The van der Waals surface area contributed by atoms with Crippen LogP contribution in [-0.2, 0) is 4.74 Å². The molecule has 0 spiro atoms. The Bertz CT molecular complexity index is 767. The highest BCUT2D eigenvalue weighted by molar-refractivity contribution is 9.10. The standard InChI is InChI=1S/C20H22BrN3O2/c1-14-4-6-15(7-5-14)19(25)24-20(22-13-18-3-2-12-26-18)23-17-10-8-16(21)9-11-17/h4-11,18H,2-3,12-13H2,1H3,(H2,22,23,24,25)/t18-/m0/s1. The molecule has 0 unspecified atom stereocenters. The topological polar surface area (TPSA) is 62.7 Å². The minimum absolute atomic E-state index is 0.119. The lowest BCUT2D eigenvalue weighted by Crippen LogP contribution is -2.36. The van der Waals surface area contributed by atoms with E-state index in [2.05, 4.69) is 31.6 Å².